The molecule has 3 heterocycles. The Morgan fingerprint density at radius 1 is 1.50 bits per heavy atom. The predicted molar refractivity (Wildman–Crippen MR) is 84.2 cm³/mol. The second-order valence-electron chi connectivity index (χ2n) is 6.48. The lowest BCUT2D eigenvalue weighted by atomic mass is 9.94. The molecule has 0 spiro atoms. The molecule has 5 heteroatoms. The van der Waals surface area contributed by atoms with Crippen molar-refractivity contribution < 1.29 is 9.53 Å². The summed E-state index contributed by atoms with van der Waals surface area (Å²) in [6.45, 7) is 4.47. The van der Waals surface area contributed by atoms with Crippen LogP contribution >= 0.6 is 0 Å². The van der Waals surface area contributed by atoms with Crippen LogP contribution in [0.5, 0.6) is 0 Å². The molecule has 3 rings (SSSR count). The molecule has 1 amide bonds. The largest absolute Gasteiger partial charge is 0.378 e. The summed E-state index contributed by atoms with van der Waals surface area (Å²) in [6.07, 6.45) is 5.72. The van der Waals surface area contributed by atoms with Crippen LogP contribution in [0.15, 0.2) is 24.5 Å². The van der Waals surface area contributed by atoms with Gasteiger partial charge in [-0.3, -0.25) is 14.7 Å². The van der Waals surface area contributed by atoms with E-state index in [0.29, 0.717) is 18.6 Å². The second kappa shape index (κ2) is 6.75. The van der Waals surface area contributed by atoms with Crippen LogP contribution in [0.25, 0.3) is 0 Å². The van der Waals surface area contributed by atoms with Gasteiger partial charge in [-0.15, -0.1) is 0 Å². The summed E-state index contributed by atoms with van der Waals surface area (Å²) in [5.41, 5.74) is 1.24. The molecule has 0 unspecified atom stereocenters. The van der Waals surface area contributed by atoms with Gasteiger partial charge in [-0.2, -0.15) is 0 Å². The number of ether oxygens (including phenoxy) is 1. The zero-order valence-corrected chi connectivity index (χ0v) is 13.4. The molecule has 2 aliphatic heterocycles. The highest BCUT2D eigenvalue weighted by molar-refractivity contribution is 5.79. The van der Waals surface area contributed by atoms with E-state index in [1.165, 1.54) is 5.56 Å². The number of nitrogens with one attached hydrogen (secondary N) is 1. The van der Waals surface area contributed by atoms with Crippen LogP contribution in [0, 0.1) is 11.8 Å². The van der Waals surface area contributed by atoms with E-state index in [1.807, 2.05) is 19.2 Å². The Kier molecular flexibility index (Phi) is 4.74. The van der Waals surface area contributed by atoms with Crippen molar-refractivity contribution in [2.75, 3.05) is 26.7 Å². The molecule has 1 aromatic heterocycles. The number of nitrogens with zero attached hydrogens (tertiary/aromatic N) is 2. The van der Waals surface area contributed by atoms with Gasteiger partial charge in [0.1, 0.15) is 0 Å². The molecule has 22 heavy (non-hydrogen) atoms. The Labute approximate surface area is 132 Å². The Morgan fingerprint density at radius 2 is 2.36 bits per heavy atom. The summed E-state index contributed by atoms with van der Waals surface area (Å²) in [5.74, 6) is 0.594. The quantitative estimate of drug-likeness (QED) is 0.918. The Bertz CT molecular complexity index is 508. The van der Waals surface area contributed by atoms with E-state index in [-0.39, 0.29) is 17.9 Å². The summed E-state index contributed by atoms with van der Waals surface area (Å²) in [5, 5.41) is 3.15. The highest BCUT2D eigenvalue weighted by Crippen LogP contribution is 2.35. The molecular formula is C17H25N3O2. The van der Waals surface area contributed by atoms with Crippen molar-refractivity contribution >= 4 is 5.91 Å². The first-order valence-electron chi connectivity index (χ1n) is 8.16. The van der Waals surface area contributed by atoms with Gasteiger partial charge in [0, 0.05) is 31.6 Å². The number of aromatic nitrogens is 1. The van der Waals surface area contributed by atoms with Gasteiger partial charge in [-0.25, -0.2) is 0 Å². The minimum atomic E-state index is 0.0102. The standard InChI is InChI=1S/C17H25N3O2/c1-12-15(6-9-22-12)17(21)19-11-14-5-8-20(2)16(14)13-4-3-7-18-10-13/h3-4,7,10,12,14-16H,5-6,8-9,11H2,1-2H3,(H,19,21)/t12-,14-,15-,16-/m0/s1. The maximum Gasteiger partial charge on any atom is 0.225 e. The Morgan fingerprint density at radius 3 is 3.05 bits per heavy atom. The molecule has 4 atom stereocenters. The van der Waals surface area contributed by atoms with Crippen molar-refractivity contribution in [1.82, 2.24) is 15.2 Å². The molecule has 0 radical (unpaired) electrons. The topological polar surface area (TPSA) is 54.5 Å². The maximum absolute atomic E-state index is 12.3. The summed E-state index contributed by atoms with van der Waals surface area (Å²) >= 11 is 0. The zero-order valence-electron chi connectivity index (χ0n) is 13.4. The SMILES string of the molecule is C[C@@H]1OCC[C@@H]1C(=O)NC[C@@H]1CCN(C)[C@H]1c1cccnc1. The lowest BCUT2D eigenvalue weighted by Gasteiger charge is -2.26. The van der Waals surface area contributed by atoms with E-state index < -0.39 is 0 Å². The Balaban J connectivity index is 1.60. The monoisotopic (exact) mass is 303 g/mol. The Hall–Kier alpha value is -1.46. The first kappa shape index (κ1) is 15.4. The van der Waals surface area contributed by atoms with Crippen molar-refractivity contribution in [2.24, 2.45) is 11.8 Å². The summed E-state index contributed by atoms with van der Waals surface area (Å²) in [4.78, 5) is 18.9. The van der Waals surface area contributed by atoms with Gasteiger partial charge >= 0.3 is 0 Å². The van der Waals surface area contributed by atoms with Crippen molar-refractivity contribution in [3.05, 3.63) is 30.1 Å². The molecule has 1 N–H and O–H groups in total. The molecule has 2 aliphatic rings. The van der Waals surface area contributed by atoms with Gasteiger partial charge in [0.25, 0.3) is 0 Å². The second-order valence-corrected chi connectivity index (χ2v) is 6.48. The number of hydrogen-bond acceptors (Lipinski definition) is 4. The van der Waals surface area contributed by atoms with Crippen LogP contribution in [0.1, 0.15) is 31.4 Å². The van der Waals surface area contributed by atoms with E-state index in [9.17, 15) is 4.79 Å². The number of hydrogen-bond donors (Lipinski definition) is 1. The van der Waals surface area contributed by atoms with Gasteiger partial charge in [-0.1, -0.05) is 6.07 Å². The number of carbonyl (C=O) groups excluding carboxylic acids is 1. The van der Waals surface area contributed by atoms with Crippen molar-refractivity contribution in [3.8, 4) is 0 Å². The van der Waals surface area contributed by atoms with Crippen molar-refractivity contribution in [1.29, 1.82) is 0 Å². The summed E-state index contributed by atoms with van der Waals surface area (Å²) in [6, 6.07) is 4.45. The van der Waals surface area contributed by atoms with Gasteiger partial charge in [0.15, 0.2) is 0 Å². The minimum absolute atomic E-state index is 0.0102. The van der Waals surface area contributed by atoms with Crippen LogP contribution < -0.4 is 5.32 Å². The first-order valence-corrected chi connectivity index (χ1v) is 8.16. The number of amides is 1. The fraction of sp³-hybridized carbons (Fsp3) is 0.647. The molecule has 2 saturated heterocycles. The lowest BCUT2D eigenvalue weighted by Crippen LogP contribution is -2.38. The predicted octanol–water partition coefficient (Wildman–Crippen LogP) is 1.62. The van der Waals surface area contributed by atoms with E-state index >= 15 is 0 Å². The summed E-state index contributed by atoms with van der Waals surface area (Å²) in [7, 11) is 2.15. The molecular weight excluding hydrogens is 278 g/mol. The molecule has 120 valence electrons. The van der Waals surface area contributed by atoms with Gasteiger partial charge < -0.3 is 10.1 Å². The van der Waals surface area contributed by atoms with Gasteiger partial charge in [0.2, 0.25) is 5.91 Å². The third-order valence-corrected chi connectivity index (χ3v) is 5.05. The van der Waals surface area contributed by atoms with E-state index in [2.05, 4.69) is 28.3 Å². The first-order chi connectivity index (χ1) is 10.7. The number of carbonyl (C=O) groups is 1. The van der Waals surface area contributed by atoms with Crippen LogP contribution in [-0.2, 0) is 9.53 Å². The molecule has 2 fully saturated rings. The normalized spacial score (nSPS) is 32.3. The van der Waals surface area contributed by atoms with E-state index in [4.69, 9.17) is 4.74 Å². The van der Waals surface area contributed by atoms with Crippen molar-refractivity contribution in [3.63, 3.8) is 0 Å². The van der Waals surface area contributed by atoms with E-state index in [1.54, 1.807) is 6.20 Å². The zero-order chi connectivity index (χ0) is 15.5. The number of rotatable bonds is 4. The smallest absolute Gasteiger partial charge is 0.225 e. The van der Waals surface area contributed by atoms with Crippen LogP contribution in [0.2, 0.25) is 0 Å². The molecule has 0 bridgehead atoms. The molecule has 1 aromatic rings. The molecule has 5 nitrogen and oxygen atoms in total. The highest BCUT2D eigenvalue weighted by Gasteiger charge is 2.35. The average molecular weight is 303 g/mol. The maximum atomic E-state index is 12.3. The number of pyridine rings is 1. The third kappa shape index (κ3) is 3.15. The lowest BCUT2D eigenvalue weighted by molar-refractivity contribution is -0.126. The van der Waals surface area contributed by atoms with E-state index in [0.717, 1.165) is 25.9 Å². The summed E-state index contributed by atoms with van der Waals surface area (Å²) < 4.78 is 5.49. The fourth-order valence-electron chi connectivity index (χ4n) is 3.76. The van der Waals surface area contributed by atoms with Gasteiger partial charge in [0.05, 0.1) is 12.0 Å². The van der Waals surface area contributed by atoms with Gasteiger partial charge in [-0.05, 0) is 50.9 Å². The average Bonchev–Trinajstić information content (AvgIpc) is 3.11. The van der Waals surface area contributed by atoms with Crippen LogP contribution in [-0.4, -0.2) is 48.6 Å². The molecule has 0 aliphatic carbocycles. The minimum Gasteiger partial charge on any atom is -0.378 e. The van der Waals surface area contributed by atoms with Crippen LogP contribution in [0.4, 0.5) is 0 Å². The van der Waals surface area contributed by atoms with Crippen LogP contribution in [0.3, 0.4) is 0 Å². The fourth-order valence-corrected chi connectivity index (χ4v) is 3.76. The third-order valence-electron chi connectivity index (χ3n) is 5.05. The molecule has 0 aromatic carbocycles. The number of likely N-dealkylation sites (tertiary alicyclic amines) is 1. The molecule has 0 saturated carbocycles. The van der Waals surface area contributed by atoms with Crippen molar-refractivity contribution in [2.45, 2.75) is 31.9 Å². The highest BCUT2D eigenvalue weighted by atomic mass is 16.5.